The van der Waals surface area contributed by atoms with Crippen LogP contribution in [0.4, 0.5) is 8.78 Å². The number of likely N-dealkylation sites (N-methyl/N-ethyl adjacent to an activating group) is 1. The van der Waals surface area contributed by atoms with Gasteiger partial charge in [-0.05, 0) is 86.7 Å². The zero-order valence-corrected chi connectivity index (χ0v) is 21.8. The second-order valence-corrected chi connectivity index (χ2v) is 12.9. The smallest absolute Gasteiger partial charge is 0.171 e. The lowest BCUT2D eigenvalue weighted by atomic mass is 9.51. The quantitative estimate of drug-likeness (QED) is 0.618. The van der Waals surface area contributed by atoms with Crippen molar-refractivity contribution in [2.45, 2.75) is 92.7 Å². The summed E-state index contributed by atoms with van der Waals surface area (Å²) in [6.07, 6.45) is 4.98. The highest BCUT2D eigenvalue weighted by atomic mass is 19.2. The Balaban J connectivity index is 1.29. The van der Waals surface area contributed by atoms with Crippen LogP contribution in [0.5, 0.6) is 0 Å². The molecule has 37 heavy (non-hydrogen) atoms. The summed E-state index contributed by atoms with van der Waals surface area (Å²) in [6.45, 7) is 2.23. The average molecular weight is 511 g/mol. The summed E-state index contributed by atoms with van der Waals surface area (Å²) < 4.78 is 41.0. The van der Waals surface area contributed by atoms with Crippen LogP contribution in [0.2, 0.25) is 0 Å². The summed E-state index contributed by atoms with van der Waals surface area (Å²) in [5.74, 6) is -0.121. The van der Waals surface area contributed by atoms with Crippen molar-refractivity contribution in [3.8, 4) is 0 Å². The highest BCUT2D eigenvalue weighted by Crippen LogP contribution is 2.74. The Bertz CT molecular complexity index is 1320. The van der Waals surface area contributed by atoms with Gasteiger partial charge in [-0.3, -0.25) is 4.98 Å². The van der Waals surface area contributed by atoms with Crippen LogP contribution in [-0.4, -0.2) is 75.0 Å². The van der Waals surface area contributed by atoms with Crippen LogP contribution in [0, 0.1) is 11.3 Å². The van der Waals surface area contributed by atoms with E-state index in [1.807, 2.05) is 31.3 Å². The van der Waals surface area contributed by atoms with Crippen molar-refractivity contribution in [1.82, 2.24) is 9.88 Å². The molecule has 5 aliphatic rings. The van der Waals surface area contributed by atoms with E-state index in [0.29, 0.717) is 25.7 Å². The van der Waals surface area contributed by atoms with Gasteiger partial charge in [-0.2, -0.15) is 0 Å². The number of halogens is 2. The first-order valence-corrected chi connectivity index (χ1v) is 13.6. The van der Waals surface area contributed by atoms with Crippen molar-refractivity contribution >= 4 is 16.3 Å². The number of fused-ring (bicyclic) bond motifs is 2. The molecule has 2 bridgehead atoms. The number of hydrogen-bond donors (Lipinski definition) is 2. The van der Waals surface area contributed by atoms with Crippen LogP contribution in [0.1, 0.15) is 57.4 Å². The Morgan fingerprint density at radius 1 is 1.05 bits per heavy atom. The minimum atomic E-state index is -2.32. The summed E-state index contributed by atoms with van der Waals surface area (Å²) in [7, 11) is 3.64. The van der Waals surface area contributed by atoms with Gasteiger partial charge in [-0.1, -0.05) is 25.1 Å². The molecule has 1 aromatic carbocycles. The van der Waals surface area contributed by atoms with Crippen LogP contribution >= 0.6 is 0 Å². The third-order valence-corrected chi connectivity index (χ3v) is 11.2. The summed E-state index contributed by atoms with van der Waals surface area (Å²) >= 11 is 0. The maximum Gasteiger partial charge on any atom is 0.171 e. The van der Waals surface area contributed by atoms with E-state index in [0.717, 1.165) is 16.3 Å². The Hall–Kier alpha value is -1.93. The second-order valence-electron chi connectivity index (χ2n) is 12.9. The molecule has 7 heteroatoms. The molecule has 3 heterocycles. The van der Waals surface area contributed by atoms with E-state index in [1.165, 1.54) is 5.57 Å². The van der Waals surface area contributed by atoms with Gasteiger partial charge < -0.3 is 19.8 Å². The largest absolute Gasteiger partial charge is 0.389 e. The number of benzene rings is 1. The van der Waals surface area contributed by atoms with Gasteiger partial charge >= 0.3 is 0 Å². The maximum atomic E-state index is 17.2. The molecule has 1 aromatic heterocycles. The fraction of sp³-hybridized carbons (Fsp3) is 0.633. The lowest BCUT2D eigenvalue weighted by Crippen LogP contribution is -2.78. The van der Waals surface area contributed by atoms with Gasteiger partial charge in [0.15, 0.2) is 5.67 Å². The van der Waals surface area contributed by atoms with E-state index >= 15 is 8.78 Å². The zero-order valence-electron chi connectivity index (χ0n) is 21.8. The molecule has 2 aromatic rings. The monoisotopic (exact) mass is 510 g/mol. The average Bonchev–Trinajstić information content (AvgIpc) is 3.42. The number of ether oxygens (including phenoxy) is 1. The standard InChI is InChI=1S/C30H36F2N2O3/c1-26-9-10-27(31)17-29(32)25(36)24(35)22(34(2)3)15-28(29)11-12-30(27,37-28)23(26)7-6-21(26)19-5-4-18-8-13-33-16-20(18)14-19/h4-6,8,13-14,16,22-25,35-36H,7,9-12,15,17H2,1-3H3/t22-,23?,24+,25-,26+,27?,28+,29?,30-/m0/s1. The Kier molecular flexibility index (Phi) is 4.81. The maximum absolute atomic E-state index is 17.2. The molecule has 2 N–H and O–H groups in total. The third-order valence-electron chi connectivity index (χ3n) is 11.2. The van der Waals surface area contributed by atoms with Crippen LogP contribution in [0.3, 0.4) is 0 Å². The molecule has 5 nitrogen and oxygen atoms in total. The number of nitrogens with zero attached hydrogens (tertiary/aromatic N) is 2. The fourth-order valence-corrected chi connectivity index (χ4v) is 9.23. The first-order valence-electron chi connectivity index (χ1n) is 13.6. The minimum Gasteiger partial charge on any atom is -0.389 e. The number of allylic oxidation sites excluding steroid dienone is 2. The number of hydrogen-bond acceptors (Lipinski definition) is 5. The number of pyridine rings is 1. The topological polar surface area (TPSA) is 65.8 Å². The lowest BCUT2D eigenvalue weighted by Gasteiger charge is -2.65. The lowest BCUT2D eigenvalue weighted by molar-refractivity contribution is -0.347. The Labute approximate surface area is 216 Å². The van der Waals surface area contributed by atoms with Crippen molar-refractivity contribution < 1.29 is 23.7 Å². The molecular weight excluding hydrogens is 474 g/mol. The van der Waals surface area contributed by atoms with Gasteiger partial charge in [0.05, 0.1) is 6.10 Å². The molecule has 4 fully saturated rings. The number of aliphatic hydroxyl groups is 2. The van der Waals surface area contributed by atoms with Crippen molar-refractivity contribution in [1.29, 1.82) is 0 Å². The van der Waals surface area contributed by atoms with Gasteiger partial charge in [-0.15, -0.1) is 0 Å². The summed E-state index contributed by atoms with van der Waals surface area (Å²) in [4.78, 5) is 6.10. The van der Waals surface area contributed by atoms with Gasteiger partial charge in [0.2, 0.25) is 0 Å². The van der Waals surface area contributed by atoms with E-state index in [-0.39, 0.29) is 24.2 Å². The van der Waals surface area contributed by atoms with Crippen molar-refractivity contribution in [2.75, 3.05) is 14.1 Å². The highest BCUT2D eigenvalue weighted by molar-refractivity contribution is 5.87. The molecule has 2 saturated carbocycles. The van der Waals surface area contributed by atoms with Gasteiger partial charge in [0.1, 0.15) is 23.0 Å². The predicted molar refractivity (Wildman–Crippen MR) is 137 cm³/mol. The number of rotatable bonds is 2. The summed E-state index contributed by atoms with van der Waals surface area (Å²) in [5, 5.41) is 24.1. The predicted octanol–water partition coefficient (Wildman–Crippen LogP) is 4.60. The molecule has 198 valence electrons. The zero-order chi connectivity index (χ0) is 26.0. The van der Waals surface area contributed by atoms with Crippen molar-refractivity contribution in [3.05, 3.63) is 48.3 Å². The number of aliphatic hydroxyl groups excluding tert-OH is 2. The van der Waals surface area contributed by atoms with E-state index < -0.39 is 47.2 Å². The SMILES string of the molecule is CN(C)[C@H]1C[C@@]23CC[C@]4(O2)C2CC=C(c5ccc6ccncc6c5)[C@@]2(C)CCC4(F)CC3(F)[C@@H](O)[C@@H]1O. The summed E-state index contributed by atoms with van der Waals surface area (Å²) in [5.41, 5.74) is -4.58. The Morgan fingerprint density at radius 3 is 2.65 bits per heavy atom. The van der Waals surface area contributed by atoms with E-state index in [9.17, 15) is 10.2 Å². The normalized spacial score (nSPS) is 48.5. The third kappa shape index (κ3) is 2.79. The van der Waals surface area contributed by atoms with Crippen molar-refractivity contribution in [3.63, 3.8) is 0 Å². The molecule has 0 amide bonds. The number of alkyl halides is 2. The first kappa shape index (κ1) is 24.1. The molecule has 7 rings (SSSR count). The molecule has 2 aliphatic heterocycles. The minimum absolute atomic E-state index is 0.121. The highest BCUT2D eigenvalue weighted by Gasteiger charge is 2.82. The van der Waals surface area contributed by atoms with E-state index in [1.54, 1.807) is 6.20 Å². The van der Waals surface area contributed by atoms with Crippen LogP contribution in [0.15, 0.2) is 42.7 Å². The Morgan fingerprint density at radius 2 is 1.86 bits per heavy atom. The number of aromatic nitrogens is 1. The second kappa shape index (κ2) is 7.38. The van der Waals surface area contributed by atoms with E-state index in [4.69, 9.17) is 4.74 Å². The first-order chi connectivity index (χ1) is 17.5. The summed E-state index contributed by atoms with van der Waals surface area (Å²) in [6, 6.07) is 7.96. The van der Waals surface area contributed by atoms with Crippen LogP contribution in [0.25, 0.3) is 16.3 Å². The molecule has 3 aliphatic carbocycles. The molecule has 3 unspecified atom stereocenters. The molecule has 2 saturated heterocycles. The van der Waals surface area contributed by atoms with Gasteiger partial charge in [-0.25, -0.2) is 8.78 Å². The van der Waals surface area contributed by atoms with Gasteiger partial charge in [0, 0.05) is 36.2 Å². The van der Waals surface area contributed by atoms with E-state index in [2.05, 4.69) is 36.2 Å². The van der Waals surface area contributed by atoms with Crippen LogP contribution < -0.4 is 0 Å². The molecule has 2 spiro atoms. The van der Waals surface area contributed by atoms with Crippen LogP contribution in [-0.2, 0) is 4.74 Å². The molecule has 9 atom stereocenters. The molecule has 0 radical (unpaired) electrons. The van der Waals surface area contributed by atoms with Gasteiger partial charge in [0.25, 0.3) is 0 Å². The molecular formula is C30H36F2N2O3. The fourth-order valence-electron chi connectivity index (χ4n) is 9.23. The van der Waals surface area contributed by atoms with Crippen molar-refractivity contribution in [2.24, 2.45) is 11.3 Å².